The van der Waals surface area contributed by atoms with Crippen LogP contribution >= 0.6 is 0 Å². The predicted molar refractivity (Wildman–Crippen MR) is 92.7 cm³/mol. The van der Waals surface area contributed by atoms with Crippen molar-refractivity contribution in [2.75, 3.05) is 13.1 Å². The number of fused-ring (bicyclic) bond motifs is 1. The molecule has 4 rings (SSSR count). The quantitative estimate of drug-likeness (QED) is 0.772. The van der Waals surface area contributed by atoms with Crippen LogP contribution in [-0.4, -0.2) is 43.5 Å². The lowest BCUT2D eigenvalue weighted by molar-refractivity contribution is 0.0706. The first-order chi connectivity index (χ1) is 12.1. The lowest BCUT2D eigenvalue weighted by Crippen LogP contribution is -2.38. The smallest absolute Gasteiger partial charge is 0.272 e. The minimum absolute atomic E-state index is 0.0239. The maximum absolute atomic E-state index is 12.5. The zero-order valence-corrected chi connectivity index (χ0v) is 14.0. The zero-order chi connectivity index (χ0) is 17.4. The van der Waals surface area contributed by atoms with Gasteiger partial charge in [-0.2, -0.15) is 0 Å². The number of H-pyrrole nitrogens is 1. The molecule has 1 amide bonds. The van der Waals surface area contributed by atoms with Crippen LogP contribution in [0.1, 0.15) is 40.6 Å². The predicted octanol–water partition coefficient (Wildman–Crippen LogP) is 1.75. The van der Waals surface area contributed by atoms with Gasteiger partial charge in [-0.05, 0) is 31.9 Å². The van der Waals surface area contributed by atoms with Crippen molar-refractivity contribution in [1.29, 1.82) is 0 Å². The van der Waals surface area contributed by atoms with Crippen molar-refractivity contribution in [2.24, 2.45) is 0 Å². The fourth-order valence-electron chi connectivity index (χ4n) is 3.38. The SMILES string of the molecule is Cc1cc(=O)n2[nH]c(C3CCN(C(=O)c4ccccn4)CC3)cc2n1. The molecule has 7 nitrogen and oxygen atoms in total. The van der Waals surface area contributed by atoms with Crippen LogP contribution in [0.4, 0.5) is 0 Å². The fourth-order valence-corrected chi connectivity index (χ4v) is 3.38. The van der Waals surface area contributed by atoms with E-state index in [0.29, 0.717) is 30.1 Å². The zero-order valence-electron chi connectivity index (χ0n) is 14.0. The number of pyridine rings is 1. The number of carbonyl (C=O) groups excluding carboxylic acids is 1. The van der Waals surface area contributed by atoms with Crippen LogP contribution in [0.3, 0.4) is 0 Å². The molecule has 1 N–H and O–H groups in total. The van der Waals surface area contributed by atoms with E-state index in [4.69, 9.17) is 0 Å². The van der Waals surface area contributed by atoms with E-state index in [1.54, 1.807) is 18.3 Å². The minimum atomic E-state index is -0.100. The molecule has 0 unspecified atom stereocenters. The summed E-state index contributed by atoms with van der Waals surface area (Å²) in [6.45, 7) is 3.17. The molecule has 7 heteroatoms. The highest BCUT2D eigenvalue weighted by Crippen LogP contribution is 2.27. The average Bonchev–Trinajstić information content (AvgIpc) is 3.06. The molecule has 3 aromatic heterocycles. The summed E-state index contributed by atoms with van der Waals surface area (Å²) >= 11 is 0. The summed E-state index contributed by atoms with van der Waals surface area (Å²) in [6, 6.07) is 8.82. The van der Waals surface area contributed by atoms with Gasteiger partial charge in [0.2, 0.25) is 0 Å². The summed E-state index contributed by atoms with van der Waals surface area (Å²) in [6.07, 6.45) is 3.33. The number of hydrogen-bond acceptors (Lipinski definition) is 4. The van der Waals surface area contributed by atoms with Gasteiger partial charge in [-0.1, -0.05) is 6.07 Å². The van der Waals surface area contributed by atoms with Gasteiger partial charge in [-0.25, -0.2) is 9.50 Å². The minimum Gasteiger partial charge on any atom is -0.337 e. The van der Waals surface area contributed by atoms with Crippen molar-refractivity contribution < 1.29 is 4.79 Å². The molecule has 0 atom stereocenters. The number of aromatic nitrogens is 4. The molecule has 0 saturated carbocycles. The van der Waals surface area contributed by atoms with Gasteiger partial charge >= 0.3 is 0 Å². The molecule has 1 aliphatic rings. The van der Waals surface area contributed by atoms with Crippen molar-refractivity contribution in [1.82, 2.24) is 24.5 Å². The second-order valence-corrected chi connectivity index (χ2v) is 6.42. The van der Waals surface area contributed by atoms with E-state index in [1.165, 1.54) is 10.6 Å². The molecule has 1 aliphatic heterocycles. The van der Waals surface area contributed by atoms with Crippen LogP contribution in [0, 0.1) is 6.92 Å². The third kappa shape index (κ3) is 2.93. The second kappa shape index (κ2) is 6.16. The molecule has 1 fully saturated rings. The molecule has 0 bridgehead atoms. The van der Waals surface area contributed by atoms with Crippen molar-refractivity contribution >= 4 is 11.6 Å². The number of likely N-dealkylation sites (tertiary alicyclic amines) is 1. The average molecular weight is 337 g/mol. The number of aryl methyl sites for hydroxylation is 1. The van der Waals surface area contributed by atoms with Crippen LogP contribution in [0.25, 0.3) is 5.65 Å². The molecule has 3 aromatic rings. The third-order valence-corrected chi connectivity index (χ3v) is 4.70. The lowest BCUT2D eigenvalue weighted by atomic mass is 9.93. The van der Waals surface area contributed by atoms with Crippen LogP contribution in [-0.2, 0) is 0 Å². The number of piperidine rings is 1. The summed E-state index contributed by atoms with van der Waals surface area (Å²) in [5.74, 6) is 0.262. The van der Waals surface area contributed by atoms with Crippen LogP contribution < -0.4 is 5.56 Å². The maximum atomic E-state index is 12.5. The number of nitrogens with zero attached hydrogens (tertiary/aromatic N) is 4. The van der Waals surface area contributed by atoms with Crippen molar-refractivity contribution in [3.63, 3.8) is 0 Å². The van der Waals surface area contributed by atoms with Gasteiger partial charge in [0.15, 0.2) is 5.65 Å². The second-order valence-electron chi connectivity index (χ2n) is 6.42. The normalized spacial score (nSPS) is 15.6. The van der Waals surface area contributed by atoms with E-state index in [2.05, 4.69) is 15.1 Å². The van der Waals surface area contributed by atoms with E-state index in [-0.39, 0.29) is 17.4 Å². The highest BCUT2D eigenvalue weighted by atomic mass is 16.2. The molecule has 128 valence electrons. The number of aromatic amines is 1. The molecule has 4 heterocycles. The Bertz CT molecular complexity index is 968. The Kier molecular flexibility index (Phi) is 3.83. The number of carbonyl (C=O) groups is 1. The van der Waals surface area contributed by atoms with Crippen molar-refractivity contribution in [2.45, 2.75) is 25.7 Å². The highest BCUT2D eigenvalue weighted by Gasteiger charge is 2.26. The summed E-state index contributed by atoms with van der Waals surface area (Å²) < 4.78 is 1.48. The van der Waals surface area contributed by atoms with Gasteiger partial charge in [0.25, 0.3) is 11.5 Å². The fraction of sp³-hybridized carbons (Fsp3) is 0.333. The molecule has 0 spiro atoms. The summed E-state index contributed by atoms with van der Waals surface area (Å²) in [5.41, 5.74) is 2.74. The van der Waals surface area contributed by atoms with E-state index < -0.39 is 0 Å². The summed E-state index contributed by atoms with van der Waals surface area (Å²) in [4.78, 5) is 34.9. The van der Waals surface area contributed by atoms with Gasteiger partial charge in [0.05, 0.1) is 0 Å². The molecule has 1 saturated heterocycles. The molecule has 0 aromatic carbocycles. The Morgan fingerprint density at radius 3 is 2.76 bits per heavy atom. The number of nitrogens with one attached hydrogen (secondary N) is 1. The van der Waals surface area contributed by atoms with Gasteiger partial charge in [0.1, 0.15) is 5.69 Å². The van der Waals surface area contributed by atoms with Crippen LogP contribution in [0.15, 0.2) is 41.3 Å². The Morgan fingerprint density at radius 1 is 1.24 bits per heavy atom. The Labute approximate surface area is 144 Å². The maximum Gasteiger partial charge on any atom is 0.272 e. The van der Waals surface area contributed by atoms with Crippen molar-refractivity contribution in [3.8, 4) is 0 Å². The third-order valence-electron chi connectivity index (χ3n) is 4.70. The Balaban J connectivity index is 1.50. The number of rotatable bonds is 2. The molecule has 0 aliphatic carbocycles. The van der Waals surface area contributed by atoms with Crippen LogP contribution in [0.5, 0.6) is 0 Å². The summed E-state index contributed by atoms with van der Waals surface area (Å²) in [5, 5.41) is 3.16. The topological polar surface area (TPSA) is 83.4 Å². The molecular weight excluding hydrogens is 318 g/mol. The number of amides is 1. The first kappa shape index (κ1) is 15.6. The van der Waals surface area contributed by atoms with E-state index in [1.807, 2.05) is 24.0 Å². The Hall–Kier alpha value is -2.96. The number of hydrogen-bond donors (Lipinski definition) is 1. The first-order valence-electron chi connectivity index (χ1n) is 8.41. The van der Waals surface area contributed by atoms with E-state index in [9.17, 15) is 9.59 Å². The van der Waals surface area contributed by atoms with Crippen LogP contribution in [0.2, 0.25) is 0 Å². The van der Waals surface area contributed by atoms with Gasteiger partial charge in [-0.3, -0.25) is 19.7 Å². The van der Waals surface area contributed by atoms with Gasteiger partial charge in [-0.15, -0.1) is 0 Å². The molecule has 0 radical (unpaired) electrons. The van der Waals surface area contributed by atoms with Gasteiger partial charge in [0, 0.05) is 48.7 Å². The lowest BCUT2D eigenvalue weighted by Gasteiger charge is -2.31. The first-order valence-corrected chi connectivity index (χ1v) is 8.41. The standard InChI is InChI=1S/C18H19N5O2/c1-12-10-17(24)23-16(20-12)11-15(21-23)13-5-8-22(9-6-13)18(25)14-4-2-3-7-19-14/h2-4,7,10-11,13,21H,5-6,8-9H2,1H3. The van der Waals surface area contributed by atoms with E-state index in [0.717, 1.165) is 18.5 Å². The van der Waals surface area contributed by atoms with Crippen molar-refractivity contribution in [3.05, 3.63) is 64.0 Å². The highest BCUT2D eigenvalue weighted by molar-refractivity contribution is 5.92. The van der Waals surface area contributed by atoms with E-state index >= 15 is 0 Å². The Morgan fingerprint density at radius 2 is 2.04 bits per heavy atom. The largest absolute Gasteiger partial charge is 0.337 e. The van der Waals surface area contributed by atoms with Gasteiger partial charge < -0.3 is 4.90 Å². The molecule has 25 heavy (non-hydrogen) atoms. The summed E-state index contributed by atoms with van der Waals surface area (Å²) in [7, 11) is 0. The monoisotopic (exact) mass is 337 g/mol. The molecular formula is C18H19N5O2.